The molecule has 0 unspecified atom stereocenters. The smallest absolute Gasteiger partial charge is 0.326 e. The third-order valence-corrected chi connectivity index (χ3v) is 2.07. The van der Waals surface area contributed by atoms with Crippen LogP contribution in [0.2, 0.25) is 0 Å². The van der Waals surface area contributed by atoms with Crippen LogP contribution in [0.1, 0.15) is 18.9 Å². The van der Waals surface area contributed by atoms with Gasteiger partial charge in [-0.3, -0.25) is 0 Å². The molecule has 0 amide bonds. The normalized spacial score (nSPS) is 12.1. The summed E-state index contributed by atoms with van der Waals surface area (Å²) in [7, 11) is 0. The molecule has 0 aliphatic heterocycles. The van der Waals surface area contributed by atoms with Gasteiger partial charge in [-0.25, -0.2) is 4.79 Å². The fraction of sp³-hybridized carbons (Fsp3) is 0.364. The molecule has 0 aromatic heterocycles. The number of aliphatic carboxylic acids is 1. The summed E-state index contributed by atoms with van der Waals surface area (Å²) >= 11 is 0. The number of carboxylic acids is 1. The number of anilines is 1. The lowest BCUT2D eigenvalue weighted by molar-refractivity contribution is -0.137. The Balaban J connectivity index is 2.72. The molecule has 1 aromatic rings. The van der Waals surface area contributed by atoms with Crippen LogP contribution in [0.5, 0.6) is 0 Å². The number of aryl methyl sites for hydroxylation is 1. The highest BCUT2D eigenvalue weighted by Crippen LogP contribution is 2.11. The summed E-state index contributed by atoms with van der Waals surface area (Å²) in [5.74, 6) is -0.811. The van der Waals surface area contributed by atoms with E-state index >= 15 is 0 Å². The van der Waals surface area contributed by atoms with Gasteiger partial charge in [-0.15, -0.1) is 0 Å². The number of benzene rings is 1. The fourth-order valence-corrected chi connectivity index (χ4v) is 1.27. The van der Waals surface area contributed by atoms with Crippen molar-refractivity contribution >= 4 is 11.7 Å². The van der Waals surface area contributed by atoms with Crippen molar-refractivity contribution in [3.05, 3.63) is 29.8 Å². The van der Waals surface area contributed by atoms with Gasteiger partial charge in [0.05, 0.1) is 0 Å². The summed E-state index contributed by atoms with van der Waals surface area (Å²) in [5.41, 5.74) is 1.98. The number of nitrogens with one attached hydrogen (secondary N) is 1. The van der Waals surface area contributed by atoms with Crippen molar-refractivity contribution < 1.29 is 9.90 Å². The minimum absolute atomic E-state index is 0.503. The second kappa shape index (κ2) is 4.65. The van der Waals surface area contributed by atoms with E-state index in [9.17, 15) is 4.79 Å². The Labute approximate surface area is 83.8 Å². The second-order valence-corrected chi connectivity index (χ2v) is 3.31. The minimum Gasteiger partial charge on any atom is -0.480 e. The van der Waals surface area contributed by atoms with Crippen molar-refractivity contribution in [2.75, 3.05) is 5.32 Å². The molecular formula is C11H15NO2. The predicted molar refractivity (Wildman–Crippen MR) is 56.5 cm³/mol. The summed E-state index contributed by atoms with van der Waals surface area (Å²) in [4.78, 5) is 10.8. The minimum atomic E-state index is -0.811. The van der Waals surface area contributed by atoms with Crippen LogP contribution in [0.4, 0.5) is 5.69 Å². The first-order valence-corrected chi connectivity index (χ1v) is 4.69. The van der Waals surface area contributed by atoms with E-state index in [0.29, 0.717) is 6.42 Å². The molecule has 0 aliphatic carbocycles. The van der Waals surface area contributed by atoms with Gasteiger partial charge < -0.3 is 10.4 Å². The number of carbonyl (C=O) groups is 1. The van der Waals surface area contributed by atoms with Crippen molar-refractivity contribution in [3.8, 4) is 0 Å². The molecule has 14 heavy (non-hydrogen) atoms. The summed E-state index contributed by atoms with van der Waals surface area (Å²) in [6.45, 7) is 3.83. The second-order valence-electron chi connectivity index (χ2n) is 3.31. The molecule has 0 fully saturated rings. The highest BCUT2D eigenvalue weighted by molar-refractivity contribution is 5.77. The van der Waals surface area contributed by atoms with Crippen molar-refractivity contribution in [2.45, 2.75) is 26.3 Å². The zero-order chi connectivity index (χ0) is 10.6. The number of hydrogen-bond acceptors (Lipinski definition) is 2. The highest BCUT2D eigenvalue weighted by Gasteiger charge is 2.13. The van der Waals surface area contributed by atoms with E-state index in [2.05, 4.69) is 5.32 Å². The monoisotopic (exact) mass is 193 g/mol. The van der Waals surface area contributed by atoms with Gasteiger partial charge in [0.25, 0.3) is 0 Å². The topological polar surface area (TPSA) is 49.3 Å². The van der Waals surface area contributed by atoms with E-state index in [-0.39, 0.29) is 0 Å². The van der Waals surface area contributed by atoms with Crippen molar-refractivity contribution in [1.82, 2.24) is 0 Å². The number of hydrogen-bond donors (Lipinski definition) is 2. The van der Waals surface area contributed by atoms with Gasteiger partial charge in [0.2, 0.25) is 0 Å². The van der Waals surface area contributed by atoms with Crippen LogP contribution in [0, 0.1) is 6.92 Å². The maximum absolute atomic E-state index is 10.8. The molecule has 0 radical (unpaired) electrons. The lowest BCUT2D eigenvalue weighted by atomic mass is 10.2. The Kier molecular flexibility index (Phi) is 3.51. The summed E-state index contributed by atoms with van der Waals surface area (Å²) in [5, 5.41) is 11.8. The molecule has 0 aliphatic rings. The molecule has 0 spiro atoms. The van der Waals surface area contributed by atoms with Crippen molar-refractivity contribution in [3.63, 3.8) is 0 Å². The number of carboxylic acid groups (broad SMARTS) is 1. The average Bonchev–Trinajstić information content (AvgIpc) is 2.14. The Hall–Kier alpha value is -1.51. The van der Waals surface area contributed by atoms with Crippen LogP contribution in [0.25, 0.3) is 0 Å². The molecule has 1 atom stereocenters. The van der Waals surface area contributed by atoms with Gasteiger partial charge in [-0.05, 0) is 31.0 Å². The number of rotatable bonds is 4. The maximum atomic E-state index is 10.8. The van der Waals surface area contributed by atoms with E-state index in [0.717, 1.165) is 11.3 Å². The van der Waals surface area contributed by atoms with Crippen LogP contribution in [0.3, 0.4) is 0 Å². The zero-order valence-corrected chi connectivity index (χ0v) is 8.45. The maximum Gasteiger partial charge on any atom is 0.326 e. The van der Waals surface area contributed by atoms with Gasteiger partial charge in [0.1, 0.15) is 6.04 Å². The highest BCUT2D eigenvalue weighted by atomic mass is 16.4. The Bertz CT molecular complexity index is 323. The third kappa shape index (κ3) is 2.76. The fourth-order valence-electron chi connectivity index (χ4n) is 1.27. The molecule has 0 bridgehead atoms. The van der Waals surface area contributed by atoms with E-state index in [4.69, 9.17) is 5.11 Å². The molecule has 2 N–H and O–H groups in total. The van der Waals surface area contributed by atoms with E-state index in [1.165, 1.54) is 0 Å². The first-order chi connectivity index (χ1) is 6.63. The first-order valence-electron chi connectivity index (χ1n) is 4.69. The van der Waals surface area contributed by atoms with Crippen LogP contribution in [-0.2, 0) is 4.79 Å². The standard InChI is InChI=1S/C11H15NO2/c1-3-10(11(13)14)12-9-6-4-5-8(2)7-9/h4-7,10,12H,3H2,1-2H3,(H,13,14)/t10-/m1/s1. The molecule has 0 saturated heterocycles. The van der Waals surface area contributed by atoms with Crippen molar-refractivity contribution in [2.24, 2.45) is 0 Å². The van der Waals surface area contributed by atoms with Crippen LogP contribution in [-0.4, -0.2) is 17.1 Å². The quantitative estimate of drug-likeness (QED) is 0.771. The summed E-state index contributed by atoms with van der Waals surface area (Å²) in [6, 6.07) is 7.19. The average molecular weight is 193 g/mol. The Morgan fingerprint density at radius 1 is 1.57 bits per heavy atom. The summed E-state index contributed by atoms with van der Waals surface area (Å²) in [6.07, 6.45) is 0.573. The Morgan fingerprint density at radius 3 is 2.79 bits per heavy atom. The SMILES string of the molecule is CC[C@@H](Nc1cccc(C)c1)C(=O)O. The van der Waals surface area contributed by atoms with Crippen LogP contribution in [0.15, 0.2) is 24.3 Å². The van der Waals surface area contributed by atoms with E-state index in [1.54, 1.807) is 0 Å². The lowest BCUT2D eigenvalue weighted by Crippen LogP contribution is -2.28. The largest absolute Gasteiger partial charge is 0.480 e. The van der Waals surface area contributed by atoms with Crippen LogP contribution >= 0.6 is 0 Å². The zero-order valence-electron chi connectivity index (χ0n) is 8.45. The van der Waals surface area contributed by atoms with Crippen LogP contribution < -0.4 is 5.32 Å². The predicted octanol–water partition coefficient (Wildman–Crippen LogP) is 2.27. The lowest BCUT2D eigenvalue weighted by Gasteiger charge is -2.13. The molecule has 76 valence electrons. The Morgan fingerprint density at radius 2 is 2.29 bits per heavy atom. The molecular weight excluding hydrogens is 178 g/mol. The van der Waals surface area contributed by atoms with Crippen molar-refractivity contribution in [1.29, 1.82) is 0 Å². The third-order valence-electron chi connectivity index (χ3n) is 2.07. The van der Waals surface area contributed by atoms with Gasteiger partial charge in [-0.2, -0.15) is 0 Å². The molecule has 1 rings (SSSR count). The first kappa shape index (κ1) is 10.6. The van der Waals surface area contributed by atoms with E-state index < -0.39 is 12.0 Å². The molecule has 1 aromatic carbocycles. The van der Waals surface area contributed by atoms with Gasteiger partial charge in [0, 0.05) is 5.69 Å². The van der Waals surface area contributed by atoms with Gasteiger partial charge in [-0.1, -0.05) is 19.1 Å². The molecule has 0 saturated carbocycles. The van der Waals surface area contributed by atoms with E-state index in [1.807, 2.05) is 38.1 Å². The molecule has 0 heterocycles. The molecule has 3 heteroatoms. The van der Waals surface area contributed by atoms with Gasteiger partial charge in [0.15, 0.2) is 0 Å². The summed E-state index contributed by atoms with van der Waals surface area (Å²) < 4.78 is 0. The molecule has 3 nitrogen and oxygen atoms in total. The van der Waals surface area contributed by atoms with Gasteiger partial charge >= 0.3 is 5.97 Å².